The molecule has 3 heterocycles. The molecule has 2 aromatic rings. The van der Waals surface area contributed by atoms with Gasteiger partial charge in [0.2, 0.25) is 5.91 Å². The van der Waals surface area contributed by atoms with Gasteiger partial charge in [0.1, 0.15) is 12.1 Å². The van der Waals surface area contributed by atoms with Crippen LogP contribution in [0.5, 0.6) is 0 Å². The molecule has 2 aliphatic rings. The number of hydrogen-bond acceptors (Lipinski definition) is 5. The summed E-state index contributed by atoms with van der Waals surface area (Å²) in [5.41, 5.74) is 2.03. The Labute approximate surface area is 154 Å². The van der Waals surface area contributed by atoms with E-state index < -0.39 is 0 Å². The lowest BCUT2D eigenvalue weighted by molar-refractivity contribution is -0.135. The predicted molar refractivity (Wildman–Crippen MR) is 99.4 cm³/mol. The lowest BCUT2D eigenvalue weighted by atomic mass is 10.1. The van der Waals surface area contributed by atoms with E-state index in [1.165, 1.54) is 12.8 Å². The van der Waals surface area contributed by atoms with Crippen molar-refractivity contribution in [1.29, 1.82) is 0 Å². The topological polar surface area (TPSA) is 67.2 Å². The molecule has 7 heteroatoms. The average Bonchev–Trinajstić information content (AvgIpc) is 3.31. The molecule has 1 aliphatic carbocycles. The number of aryl methyl sites for hydroxylation is 2. The molecule has 0 aromatic carbocycles. The SMILES string of the molecule is Cc1cc(C)n(-c2cc(N3CCN(C(=O)C4CCCC4)CC3)ncn2)n1. The summed E-state index contributed by atoms with van der Waals surface area (Å²) in [6.45, 7) is 7.17. The van der Waals surface area contributed by atoms with Crippen LogP contribution in [0.25, 0.3) is 5.82 Å². The zero-order chi connectivity index (χ0) is 18.1. The number of rotatable bonds is 3. The van der Waals surface area contributed by atoms with Crippen molar-refractivity contribution in [2.24, 2.45) is 5.92 Å². The normalized spacial score (nSPS) is 18.5. The molecule has 0 radical (unpaired) electrons. The van der Waals surface area contributed by atoms with Crippen LogP contribution in [-0.4, -0.2) is 56.7 Å². The zero-order valence-corrected chi connectivity index (χ0v) is 15.6. The number of carbonyl (C=O) groups is 1. The van der Waals surface area contributed by atoms with E-state index in [0.29, 0.717) is 5.91 Å². The molecule has 1 saturated heterocycles. The number of piperazine rings is 1. The van der Waals surface area contributed by atoms with Crippen LogP contribution in [0.4, 0.5) is 5.82 Å². The van der Waals surface area contributed by atoms with Crippen LogP contribution >= 0.6 is 0 Å². The van der Waals surface area contributed by atoms with Crippen molar-refractivity contribution >= 4 is 11.7 Å². The van der Waals surface area contributed by atoms with Crippen molar-refractivity contribution in [2.45, 2.75) is 39.5 Å². The molecule has 0 spiro atoms. The molecule has 4 rings (SSSR count). The van der Waals surface area contributed by atoms with E-state index >= 15 is 0 Å². The summed E-state index contributed by atoms with van der Waals surface area (Å²) in [6, 6.07) is 4.02. The smallest absolute Gasteiger partial charge is 0.225 e. The van der Waals surface area contributed by atoms with Gasteiger partial charge in [0.05, 0.1) is 5.69 Å². The lowest BCUT2D eigenvalue weighted by Gasteiger charge is -2.36. The fraction of sp³-hybridized carbons (Fsp3) is 0.579. The summed E-state index contributed by atoms with van der Waals surface area (Å²) < 4.78 is 1.85. The molecule has 0 unspecified atom stereocenters. The first kappa shape index (κ1) is 17.0. The van der Waals surface area contributed by atoms with E-state index in [-0.39, 0.29) is 5.92 Å². The number of hydrogen-bond donors (Lipinski definition) is 0. The summed E-state index contributed by atoms with van der Waals surface area (Å²) in [6.07, 6.45) is 6.13. The second kappa shape index (κ2) is 7.05. The van der Waals surface area contributed by atoms with E-state index in [0.717, 1.165) is 62.0 Å². The van der Waals surface area contributed by atoms with E-state index in [1.807, 2.05) is 35.6 Å². The minimum absolute atomic E-state index is 0.262. The maximum absolute atomic E-state index is 12.6. The van der Waals surface area contributed by atoms with Crippen molar-refractivity contribution in [2.75, 3.05) is 31.1 Å². The second-order valence-corrected chi connectivity index (χ2v) is 7.37. The van der Waals surface area contributed by atoms with Gasteiger partial charge in [0, 0.05) is 43.9 Å². The van der Waals surface area contributed by atoms with Gasteiger partial charge in [0.25, 0.3) is 0 Å². The molecule has 138 valence electrons. The van der Waals surface area contributed by atoms with Gasteiger partial charge >= 0.3 is 0 Å². The molecular formula is C19H26N6O. The van der Waals surface area contributed by atoms with Gasteiger partial charge in [-0.25, -0.2) is 14.6 Å². The first-order chi connectivity index (χ1) is 12.6. The largest absolute Gasteiger partial charge is 0.353 e. The Morgan fingerprint density at radius 2 is 1.69 bits per heavy atom. The van der Waals surface area contributed by atoms with Gasteiger partial charge in [-0.05, 0) is 32.8 Å². The highest BCUT2D eigenvalue weighted by Gasteiger charge is 2.29. The minimum Gasteiger partial charge on any atom is -0.353 e. The Balaban J connectivity index is 1.44. The number of nitrogens with zero attached hydrogens (tertiary/aromatic N) is 6. The predicted octanol–water partition coefficient (Wildman–Crippen LogP) is 2.12. The zero-order valence-electron chi connectivity index (χ0n) is 15.6. The molecule has 2 aromatic heterocycles. The van der Waals surface area contributed by atoms with Gasteiger partial charge in [-0.2, -0.15) is 5.10 Å². The fourth-order valence-electron chi connectivity index (χ4n) is 4.07. The quantitative estimate of drug-likeness (QED) is 0.845. The van der Waals surface area contributed by atoms with Crippen molar-refractivity contribution in [1.82, 2.24) is 24.6 Å². The Morgan fingerprint density at radius 3 is 2.35 bits per heavy atom. The van der Waals surface area contributed by atoms with E-state index in [1.54, 1.807) is 6.33 Å². The third-order valence-corrected chi connectivity index (χ3v) is 5.48. The van der Waals surface area contributed by atoms with Gasteiger partial charge < -0.3 is 9.80 Å². The molecular weight excluding hydrogens is 328 g/mol. The molecule has 1 aliphatic heterocycles. The number of aromatic nitrogens is 4. The Kier molecular flexibility index (Phi) is 4.61. The highest BCUT2D eigenvalue weighted by Crippen LogP contribution is 2.27. The standard InChI is InChI=1S/C19H26N6O/c1-14-11-15(2)25(22-14)18-12-17(20-13-21-18)23-7-9-24(10-8-23)19(26)16-5-3-4-6-16/h11-13,16H,3-10H2,1-2H3. The lowest BCUT2D eigenvalue weighted by Crippen LogP contribution is -2.50. The van der Waals surface area contributed by atoms with E-state index in [2.05, 4.69) is 20.0 Å². The maximum Gasteiger partial charge on any atom is 0.225 e. The highest BCUT2D eigenvalue weighted by molar-refractivity contribution is 5.79. The van der Waals surface area contributed by atoms with Gasteiger partial charge in [0.15, 0.2) is 5.82 Å². The van der Waals surface area contributed by atoms with Crippen LogP contribution in [0.3, 0.4) is 0 Å². The van der Waals surface area contributed by atoms with Crippen molar-refractivity contribution < 1.29 is 4.79 Å². The number of amides is 1. The highest BCUT2D eigenvalue weighted by atomic mass is 16.2. The molecule has 7 nitrogen and oxygen atoms in total. The Morgan fingerprint density at radius 1 is 1.00 bits per heavy atom. The Bertz CT molecular complexity index is 787. The summed E-state index contributed by atoms with van der Waals surface area (Å²) >= 11 is 0. The first-order valence-electron chi connectivity index (χ1n) is 9.51. The van der Waals surface area contributed by atoms with Crippen LogP contribution in [0.2, 0.25) is 0 Å². The fourth-order valence-corrected chi connectivity index (χ4v) is 4.07. The van der Waals surface area contributed by atoms with E-state index in [9.17, 15) is 4.79 Å². The number of carbonyl (C=O) groups excluding carboxylic acids is 1. The van der Waals surface area contributed by atoms with Crippen molar-refractivity contribution in [3.63, 3.8) is 0 Å². The molecule has 1 saturated carbocycles. The van der Waals surface area contributed by atoms with Crippen LogP contribution in [-0.2, 0) is 4.79 Å². The van der Waals surface area contributed by atoms with Gasteiger partial charge in [-0.15, -0.1) is 0 Å². The molecule has 2 fully saturated rings. The van der Waals surface area contributed by atoms with Crippen LogP contribution in [0, 0.1) is 19.8 Å². The molecule has 0 N–H and O–H groups in total. The Hall–Kier alpha value is -2.44. The second-order valence-electron chi connectivity index (χ2n) is 7.37. The third kappa shape index (κ3) is 3.30. The monoisotopic (exact) mass is 354 g/mol. The summed E-state index contributed by atoms with van der Waals surface area (Å²) in [4.78, 5) is 25.7. The van der Waals surface area contributed by atoms with Crippen LogP contribution < -0.4 is 4.90 Å². The van der Waals surface area contributed by atoms with Crippen molar-refractivity contribution in [3.05, 3.63) is 29.8 Å². The van der Waals surface area contributed by atoms with Crippen LogP contribution in [0.1, 0.15) is 37.1 Å². The van der Waals surface area contributed by atoms with Crippen molar-refractivity contribution in [3.8, 4) is 5.82 Å². The van der Waals surface area contributed by atoms with Crippen LogP contribution in [0.15, 0.2) is 18.5 Å². The van der Waals surface area contributed by atoms with Gasteiger partial charge in [-0.3, -0.25) is 4.79 Å². The summed E-state index contributed by atoms with van der Waals surface area (Å²) in [5, 5.41) is 4.50. The summed E-state index contributed by atoms with van der Waals surface area (Å²) in [5.74, 6) is 2.30. The molecule has 26 heavy (non-hydrogen) atoms. The molecule has 0 bridgehead atoms. The first-order valence-corrected chi connectivity index (χ1v) is 9.51. The third-order valence-electron chi connectivity index (χ3n) is 5.48. The summed E-state index contributed by atoms with van der Waals surface area (Å²) in [7, 11) is 0. The molecule has 0 atom stereocenters. The van der Waals surface area contributed by atoms with Gasteiger partial charge in [-0.1, -0.05) is 12.8 Å². The maximum atomic E-state index is 12.6. The number of anilines is 1. The van der Waals surface area contributed by atoms with E-state index in [4.69, 9.17) is 0 Å². The average molecular weight is 354 g/mol. The minimum atomic E-state index is 0.262. The molecule has 1 amide bonds.